The van der Waals surface area contributed by atoms with Crippen molar-refractivity contribution in [3.63, 3.8) is 0 Å². The summed E-state index contributed by atoms with van der Waals surface area (Å²) in [5, 5.41) is 4.93. The highest BCUT2D eigenvalue weighted by atomic mass is 32.1. The van der Waals surface area contributed by atoms with Crippen molar-refractivity contribution in [1.29, 1.82) is 0 Å². The fraction of sp³-hybridized carbons (Fsp3) is 0.200. The number of thiophene rings is 1. The van der Waals surface area contributed by atoms with Crippen LogP contribution in [-0.4, -0.2) is 23.5 Å². The lowest BCUT2D eigenvalue weighted by atomic mass is 10.0. The highest BCUT2D eigenvalue weighted by molar-refractivity contribution is 7.12. The van der Waals surface area contributed by atoms with Crippen LogP contribution >= 0.6 is 11.3 Å². The van der Waals surface area contributed by atoms with Crippen LogP contribution in [0.2, 0.25) is 0 Å². The maximum absolute atomic E-state index is 12.3. The van der Waals surface area contributed by atoms with Crippen LogP contribution in [0.4, 0.5) is 0 Å². The molecule has 0 aliphatic carbocycles. The first-order valence-electron chi connectivity index (χ1n) is 8.24. The Morgan fingerprint density at radius 3 is 2.96 bits per heavy atom. The number of hydrogen-bond donors (Lipinski definition) is 1. The fourth-order valence-corrected chi connectivity index (χ4v) is 3.91. The quantitative estimate of drug-likeness (QED) is 0.777. The number of amides is 1. The molecule has 0 saturated heterocycles. The van der Waals surface area contributed by atoms with E-state index in [4.69, 9.17) is 4.74 Å². The first-order chi connectivity index (χ1) is 12.2. The predicted molar refractivity (Wildman–Crippen MR) is 99.2 cm³/mol. The van der Waals surface area contributed by atoms with E-state index in [9.17, 15) is 4.79 Å². The van der Waals surface area contributed by atoms with Crippen LogP contribution in [-0.2, 0) is 6.42 Å². The van der Waals surface area contributed by atoms with E-state index in [0.29, 0.717) is 6.54 Å². The lowest BCUT2D eigenvalue weighted by Crippen LogP contribution is -2.34. The summed E-state index contributed by atoms with van der Waals surface area (Å²) in [7, 11) is 0. The minimum absolute atomic E-state index is 0.0306. The van der Waals surface area contributed by atoms with Crippen LogP contribution in [0.25, 0.3) is 11.3 Å². The molecule has 1 atom stereocenters. The number of carbonyl (C=O) groups excluding carboxylic acids is 1. The van der Waals surface area contributed by atoms with Crippen molar-refractivity contribution >= 4 is 17.2 Å². The van der Waals surface area contributed by atoms with E-state index < -0.39 is 0 Å². The van der Waals surface area contributed by atoms with Gasteiger partial charge >= 0.3 is 0 Å². The third-order valence-corrected chi connectivity index (χ3v) is 5.34. The minimum Gasteiger partial charge on any atom is -0.487 e. The van der Waals surface area contributed by atoms with Crippen LogP contribution in [0.5, 0.6) is 5.75 Å². The number of aryl methyl sites for hydroxylation is 1. The zero-order chi connectivity index (χ0) is 17.2. The summed E-state index contributed by atoms with van der Waals surface area (Å²) >= 11 is 1.47. The molecule has 3 heterocycles. The van der Waals surface area contributed by atoms with Gasteiger partial charge in [0, 0.05) is 18.2 Å². The molecule has 126 valence electrons. The Balaban J connectivity index is 1.47. The fourth-order valence-electron chi connectivity index (χ4n) is 3.07. The summed E-state index contributed by atoms with van der Waals surface area (Å²) in [5.41, 5.74) is 4.07. The number of nitrogens with one attached hydrogen (secondary N) is 1. The number of benzene rings is 1. The molecule has 1 unspecified atom stereocenters. The zero-order valence-corrected chi connectivity index (χ0v) is 14.7. The SMILES string of the molecule is Cc1ccsc1C(=O)NCC1Cc2cccc(-c3ccccn3)c2O1. The van der Waals surface area contributed by atoms with Crippen molar-refractivity contribution in [2.24, 2.45) is 0 Å². The molecule has 0 radical (unpaired) electrons. The Morgan fingerprint density at radius 2 is 2.20 bits per heavy atom. The van der Waals surface area contributed by atoms with E-state index in [0.717, 1.165) is 39.4 Å². The molecular weight excluding hydrogens is 332 g/mol. The van der Waals surface area contributed by atoms with E-state index in [1.54, 1.807) is 6.20 Å². The highest BCUT2D eigenvalue weighted by Gasteiger charge is 2.26. The van der Waals surface area contributed by atoms with Crippen LogP contribution < -0.4 is 10.1 Å². The van der Waals surface area contributed by atoms with Gasteiger partial charge in [-0.1, -0.05) is 18.2 Å². The molecule has 1 aliphatic rings. The van der Waals surface area contributed by atoms with Crippen molar-refractivity contribution in [2.75, 3.05) is 6.54 Å². The van der Waals surface area contributed by atoms with Crippen LogP contribution in [0.15, 0.2) is 54.0 Å². The number of hydrogen-bond acceptors (Lipinski definition) is 4. The number of fused-ring (bicyclic) bond motifs is 1. The van der Waals surface area contributed by atoms with Gasteiger partial charge < -0.3 is 10.1 Å². The van der Waals surface area contributed by atoms with Gasteiger partial charge in [-0.3, -0.25) is 9.78 Å². The monoisotopic (exact) mass is 350 g/mol. The second-order valence-electron chi connectivity index (χ2n) is 6.10. The minimum atomic E-state index is -0.0518. The van der Waals surface area contributed by atoms with Crippen molar-refractivity contribution in [3.05, 3.63) is 70.0 Å². The van der Waals surface area contributed by atoms with Gasteiger partial charge in [-0.25, -0.2) is 0 Å². The van der Waals surface area contributed by atoms with Gasteiger partial charge in [0.15, 0.2) is 0 Å². The Hall–Kier alpha value is -2.66. The van der Waals surface area contributed by atoms with Crippen LogP contribution in [0.1, 0.15) is 20.8 Å². The zero-order valence-electron chi connectivity index (χ0n) is 13.9. The number of carbonyl (C=O) groups is 1. The van der Waals surface area contributed by atoms with E-state index in [-0.39, 0.29) is 12.0 Å². The lowest BCUT2D eigenvalue weighted by molar-refractivity contribution is 0.0937. The Bertz CT molecular complexity index is 905. The highest BCUT2D eigenvalue weighted by Crippen LogP contribution is 2.37. The lowest BCUT2D eigenvalue weighted by Gasteiger charge is -2.13. The maximum Gasteiger partial charge on any atom is 0.261 e. The number of pyridine rings is 1. The molecule has 0 spiro atoms. The Labute approximate surface area is 150 Å². The number of aromatic nitrogens is 1. The first kappa shape index (κ1) is 15.8. The molecular formula is C20H18N2O2S. The number of nitrogens with zero attached hydrogens (tertiary/aromatic N) is 1. The van der Waals surface area contributed by atoms with Gasteiger partial charge in [-0.05, 0) is 47.7 Å². The van der Waals surface area contributed by atoms with Gasteiger partial charge in [-0.15, -0.1) is 11.3 Å². The molecule has 25 heavy (non-hydrogen) atoms. The van der Waals surface area contributed by atoms with E-state index in [1.807, 2.05) is 48.7 Å². The molecule has 4 rings (SSSR count). The van der Waals surface area contributed by atoms with Gasteiger partial charge in [-0.2, -0.15) is 0 Å². The Kier molecular flexibility index (Phi) is 4.24. The molecule has 0 bridgehead atoms. The molecule has 1 amide bonds. The van der Waals surface area contributed by atoms with Crippen molar-refractivity contribution < 1.29 is 9.53 Å². The van der Waals surface area contributed by atoms with E-state index >= 15 is 0 Å². The smallest absolute Gasteiger partial charge is 0.261 e. The van der Waals surface area contributed by atoms with Crippen LogP contribution in [0, 0.1) is 6.92 Å². The number of ether oxygens (including phenoxy) is 1. The molecule has 4 nitrogen and oxygen atoms in total. The molecule has 0 saturated carbocycles. The average Bonchev–Trinajstić information content (AvgIpc) is 3.25. The third-order valence-electron chi connectivity index (χ3n) is 4.33. The van der Waals surface area contributed by atoms with Crippen molar-refractivity contribution in [3.8, 4) is 17.0 Å². The van der Waals surface area contributed by atoms with Gasteiger partial charge in [0.1, 0.15) is 11.9 Å². The number of rotatable bonds is 4. The molecule has 0 fully saturated rings. The third kappa shape index (κ3) is 3.15. The molecule has 1 N–H and O–H groups in total. The van der Waals surface area contributed by atoms with Crippen LogP contribution in [0.3, 0.4) is 0 Å². The summed E-state index contributed by atoms with van der Waals surface area (Å²) in [6.07, 6.45) is 2.52. The molecule has 1 aromatic carbocycles. The summed E-state index contributed by atoms with van der Waals surface area (Å²) in [4.78, 5) is 17.5. The second-order valence-corrected chi connectivity index (χ2v) is 7.01. The summed E-state index contributed by atoms with van der Waals surface area (Å²) in [6, 6.07) is 13.9. The largest absolute Gasteiger partial charge is 0.487 e. The summed E-state index contributed by atoms with van der Waals surface area (Å²) in [5.74, 6) is 0.852. The molecule has 1 aliphatic heterocycles. The topological polar surface area (TPSA) is 51.2 Å². The van der Waals surface area contributed by atoms with E-state index in [2.05, 4.69) is 16.4 Å². The average molecular weight is 350 g/mol. The van der Waals surface area contributed by atoms with Crippen molar-refractivity contribution in [1.82, 2.24) is 10.3 Å². The molecule has 5 heteroatoms. The maximum atomic E-state index is 12.3. The van der Waals surface area contributed by atoms with Crippen molar-refractivity contribution in [2.45, 2.75) is 19.4 Å². The number of para-hydroxylation sites is 1. The Morgan fingerprint density at radius 1 is 1.28 bits per heavy atom. The summed E-state index contributed by atoms with van der Waals surface area (Å²) < 4.78 is 6.14. The van der Waals surface area contributed by atoms with Gasteiger partial charge in [0.05, 0.1) is 17.1 Å². The molecule has 2 aromatic heterocycles. The first-order valence-corrected chi connectivity index (χ1v) is 9.12. The predicted octanol–water partition coefficient (Wildman–Crippen LogP) is 3.85. The van der Waals surface area contributed by atoms with Gasteiger partial charge in [0.25, 0.3) is 5.91 Å². The summed E-state index contributed by atoms with van der Waals surface area (Å²) in [6.45, 7) is 2.44. The van der Waals surface area contributed by atoms with E-state index in [1.165, 1.54) is 11.3 Å². The normalized spacial score (nSPS) is 15.5. The molecule has 3 aromatic rings. The standard InChI is InChI=1S/C20H18N2O2S/c1-13-8-10-25-19(13)20(23)22-12-15-11-14-5-4-6-16(18(14)24-15)17-7-2-3-9-21-17/h2-10,15H,11-12H2,1H3,(H,22,23). The van der Waals surface area contributed by atoms with Gasteiger partial charge in [0.2, 0.25) is 0 Å². The second kappa shape index (κ2) is 6.69.